The van der Waals surface area contributed by atoms with Crippen LogP contribution in [0.15, 0.2) is 18.2 Å². The average Bonchev–Trinajstić information content (AvgIpc) is 2.67. The van der Waals surface area contributed by atoms with Crippen molar-refractivity contribution in [1.29, 1.82) is 0 Å². The van der Waals surface area contributed by atoms with Gasteiger partial charge in [0.15, 0.2) is 0 Å². The van der Waals surface area contributed by atoms with Crippen LogP contribution in [0, 0.1) is 5.82 Å². The molecule has 1 aliphatic rings. The van der Waals surface area contributed by atoms with Crippen molar-refractivity contribution >= 4 is 11.6 Å². The Morgan fingerprint density at radius 3 is 2.80 bits per heavy atom. The molecule has 1 heterocycles. The number of likely N-dealkylation sites (N-methyl/N-ethyl adjacent to an activating group) is 1. The Kier molecular flexibility index (Phi) is 4.25. The fourth-order valence-corrected chi connectivity index (χ4v) is 2.64. The van der Waals surface area contributed by atoms with Gasteiger partial charge in [0.25, 0.3) is 5.91 Å². The number of anilines is 1. The van der Waals surface area contributed by atoms with Crippen molar-refractivity contribution in [2.24, 2.45) is 0 Å². The smallest absolute Gasteiger partial charge is 0.254 e. The van der Waals surface area contributed by atoms with E-state index < -0.39 is 11.9 Å². The van der Waals surface area contributed by atoms with Gasteiger partial charge in [-0.15, -0.1) is 0 Å². The van der Waals surface area contributed by atoms with Crippen LogP contribution in [0.4, 0.5) is 10.1 Å². The summed E-state index contributed by atoms with van der Waals surface area (Å²) in [6, 6.07) is 3.74. The van der Waals surface area contributed by atoms with Gasteiger partial charge in [-0.2, -0.15) is 0 Å². The highest BCUT2D eigenvalue weighted by atomic mass is 19.1. The SMILES string of the molecule is CN(C)CC1CC(O)CN1C(=O)c1cc(N)cc(F)c1. The summed E-state index contributed by atoms with van der Waals surface area (Å²) in [6.07, 6.45) is 0.00384. The molecule has 0 aliphatic carbocycles. The molecular weight excluding hydrogens is 261 g/mol. The number of rotatable bonds is 3. The zero-order chi connectivity index (χ0) is 14.9. The molecule has 1 fully saturated rings. The number of carbonyl (C=O) groups excluding carboxylic acids is 1. The first-order chi connectivity index (χ1) is 9.36. The summed E-state index contributed by atoms with van der Waals surface area (Å²) in [6.45, 7) is 0.932. The van der Waals surface area contributed by atoms with Crippen LogP contribution in [0.2, 0.25) is 0 Å². The highest BCUT2D eigenvalue weighted by Gasteiger charge is 2.35. The zero-order valence-electron chi connectivity index (χ0n) is 11.7. The Balaban J connectivity index is 2.22. The van der Waals surface area contributed by atoms with Crippen molar-refractivity contribution in [3.8, 4) is 0 Å². The number of hydrogen-bond donors (Lipinski definition) is 2. The maximum Gasteiger partial charge on any atom is 0.254 e. The minimum atomic E-state index is -0.533. The molecule has 2 rings (SSSR count). The van der Waals surface area contributed by atoms with E-state index in [1.54, 1.807) is 4.90 Å². The molecule has 1 amide bonds. The molecule has 110 valence electrons. The monoisotopic (exact) mass is 281 g/mol. The largest absolute Gasteiger partial charge is 0.399 e. The van der Waals surface area contributed by atoms with Crippen LogP contribution in [-0.4, -0.2) is 60.1 Å². The normalized spacial score (nSPS) is 22.6. The standard InChI is InChI=1S/C14H20FN3O2/c1-17(2)7-12-6-13(19)8-18(12)14(20)9-3-10(15)5-11(16)4-9/h3-5,12-13,19H,6-8,16H2,1-2H3. The lowest BCUT2D eigenvalue weighted by molar-refractivity contribution is 0.0698. The topological polar surface area (TPSA) is 69.8 Å². The summed E-state index contributed by atoms with van der Waals surface area (Å²) >= 11 is 0. The van der Waals surface area contributed by atoms with Crippen LogP contribution in [0.1, 0.15) is 16.8 Å². The summed E-state index contributed by atoms with van der Waals surface area (Å²) in [5.74, 6) is -0.822. The molecule has 3 N–H and O–H groups in total. The van der Waals surface area contributed by atoms with Crippen LogP contribution >= 0.6 is 0 Å². The van der Waals surface area contributed by atoms with Gasteiger partial charge in [0, 0.05) is 30.4 Å². The van der Waals surface area contributed by atoms with Crippen LogP contribution in [-0.2, 0) is 0 Å². The molecule has 0 spiro atoms. The maximum atomic E-state index is 13.4. The van der Waals surface area contributed by atoms with Gasteiger partial charge in [-0.1, -0.05) is 0 Å². The van der Waals surface area contributed by atoms with E-state index in [0.717, 1.165) is 0 Å². The molecule has 20 heavy (non-hydrogen) atoms. The van der Waals surface area contributed by atoms with E-state index in [2.05, 4.69) is 0 Å². The summed E-state index contributed by atoms with van der Waals surface area (Å²) in [4.78, 5) is 16.0. The van der Waals surface area contributed by atoms with Gasteiger partial charge in [0.2, 0.25) is 0 Å². The third-order valence-electron chi connectivity index (χ3n) is 3.40. The lowest BCUT2D eigenvalue weighted by Crippen LogP contribution is -2.41. The van der Waals surface area contributed by atoms with E-state index in [1.165, 1.54) is 18.2 Å². The second-order valence-electron chi connectivity index (χ2n) is 5.54. The van der Waals surface area contributed by atoms with E-state index in [-0.39, 0.29) is 29.7 Å². The number of halogens is 1. The highest BCUT2D eigenvalue weighted by molar-refractivity contribution is 5.95. The van der Waals surface area contributed by atoms with E-state index >= 15 is 0 Å². The van der Waals surface area contributed by atoms with E-state index in [0.29, 0.717) is 13.0 Å². The molecular formula is C14H20FN3O2. The fraction of sp³-hybridized carbons (Fsp3) is 0.500. The average molecular weight is 281 g/mol. The third-order valence-corrected chi connectivity index (χ3v) is 3.40. The summed E-state index contributed by atoms with van der Waals surface area (Å²) in [5, 5.41) is 9.78. The summed E-state index contributed by atoms with van der Waals surface area (Å²) in [7, 11) is 3.82. The van der Waals surface area contributed by atoms with Gasteiger partial charge in [-0.05, 0) is 38.7 Å². The van der Waals surface area contributed by atoms with Gasteiger partial charge >= 0.3 is 0 Å². The molecule has 0 aromatic heterocycles. The fourth-order valence-electron chi connectivity index (χ4n) is 2.64. The first-order valence-electron chi connectivity index (χ1n) is 6.56. The molecule has 2 atom stereocenters. The van der Waals surface area contributed by atoms with E-state index in [4.69, 9.17) is 5.73 Å². The Hall–Kier alpha value is -1.66. The minimum Gasteiger partial charge on any atom is -0.399 e. The number of amides is 1. The number of nitrogens with two attached hydrogens (primary N) is 1. The number of likely N-dealkylation sites (tertiary alicyclic amines) is 1. The maximum absolute atomic E-state index is 13.4. The molecule has 1 aromatic rings. The lowest BCUT2D eigenvalue weighted by atomic mass is 10.1. The second-order valence-corrected chi connectivity index (χ2v) is 5.54. The van der Waals surface area contributed by atoms with Gasteiger partial charge in [0.05, 0.1) is 6.10 Å². The molecule has 0 radical (unpaired) electrons. The molecule has 0 saturated carbocycles. The van der Waals surface area contributed by atoms with Gasteiger partial charge in [-0.3, -0.25) is 4.79 Å². The summed E-state index contributed by atoms with van der Waals surface area (Å²) in [5.41, 5.74) is 6.01. The van der Waals surface area contributed by atoms with Crippen molar-refractivity contribution < 1.29 is 14.3 Å². The van der Waals surface area contributed by atoms with E-state index in [9.17, 15) is 14.3 Å². The Morgan fingerprint density at radius 1 is 1.50 bits per heavy atom. The van der Waals surface area contributed by atoms with Crippen molar-refractivity contribution in [2.75, 3.05) is 32.9 Å². The predicted molar refractivity (Wildman–Crippen MR) is 74.8 cm³/mol. The van der Waals surface area contributed by atoms with Crippen molar-refractivity contribution in [2.45, 2.75) is 18.6 Å². The Bertz CT molecular complexity index is 487. The van der Waals surface area contributed by atoms with Crippen LogP contribution in [0.3, 0.4) is 0 Å². The number of hydrogen-bond acceptors (Lipinski definition) is 4. The predicted octanol–water partition coefficient (Wildman–Crippen LogP) is 0.545. The minimum absolute atomic E-state index is 0.0722. The molecule has 5 nitrogen and oxygen atoms in total. The first-order valence-corrected chi connectivity index (χ1v) is 6.56. The van der Waals surface area contributed by atoms with Gasteiger partial charge in [-0.25, -0.2) is 4.39 Å². The first kappa shape index (κ1) is 14.7. The van der Waals surface area contributed by atoms with Crippen molar-refractivity contribution in [1.82, 2.24) is 9.80 Å². The highest BCUT2D eigenvalue weighted by Crippen LogP contribution is 2.22. The number of benzene rings is 1. The van der Waals surface area contributed by atoms with Gasteiger partial charge in [0.1, 0.15) is 5.82 Å². The summed E-state index contributed by atoms with van der Waals surface area (Å²) < 4.78 is 13.4. The number of aliphatic hydroxyl groups is 1. The van der Waals surface area contributed by atoms with Gasteiger partial charge < -0.3 is 20.6 Å². The third kappa shape index (κ3) is 3.26. The number of carbonyl (C=O) groups is 1. The Morgan fingerprint density at radius 2 is 2.20 bits per heavy atom. The molecule has 1 aromatic carbocycles. The quantitative estimate of drug-likeness (QED) is 0.794. The molecule has 1 saturated heterocycles. The molecule has 2 unspecified atom stereocenters. The molecule has 0 bridgehead atoms. The number of nitrogens with zero attached hydrogens (tertiary/aromatic N) is 2. The van der Waals surface area contributed by atoms with Crippen molar-refractivity contribution in [3.63, 3.8) is 0 Å². The molecule has 6 heteroatoms. The lowest BCUT2D eigenvalue weighted by Gasteiger charge is -2.27. The number of nitrogen functional groups attached to an aromatic ring is 1. The number of β-amino-alcohol motifs (C(OH)–C–C–N with tert-alkyl or cyclic N) is 1. The van der Waals surface area contributed by atoms with E-state index in [1.807, 2.05) is 19.0 Å². The van der Waals surface area contributed by atoms with Crippen molar-refractivity contribution in [3.05, 3.63) is 29.6 Å². The molecule has 1 aliphatic heterocycles. The Labute approximate surface area is 117 Å². The number of aliphatic hydroxyl groups excluding tert-OH is 1. The second kappa shape index (κ2) is 5.76. The van der Waals surface area contributed by atoms with Crippen LogP contribution < -0.4 is 5.73 Å². The van der Waals surface area contributed by atoms with Crippen LogP contribution in [0.5, 0.6) is 0 Å². The zero-order valence-corrected chi connectivity index (χ0v) is 11.7. The van der Waals surface area contributed by atoms with Crippen LogP contribution in [0.25, 0.3) is 0 Å².